The van der Waals surface area contributed by atoms with E-state index in [1.165, 1.54) is 18.2 Å². The first-order chi connectivity index (χ1) is 11.5. The first-order valence-corrected chi connectivity index (χ1v) is 7.91. The molecule has 132 valence electrons. The largest absolute Gasteiger partial charge is 0.358 e. The van der Waals surface area contributed by atoms with Crippen LogP contribution in [0.5, 0.6) is 0 Å². The molecule has 3 N–H and O–H groups in total. The molecule has 0 aromatic heterocycles. The van der Waals surface area contributed by atoms with Crippen molar-refractivity contribution in [3.63, 3.8) is 0 Å². The van der Waals surface area contributed by atoms with Gasteiger partial charge < -0.3 is 10.6 Å². The van der Waals surface area contributed by atoms with Crippen molar-refractivity contribution >= 4 is 18.2 Å². The van der Waals surface area contributed by atoms with Crippen molar-refractivity contribution in [3.05, 3.63) is 35.4 Å². The SMILES string of the molecule is CNC(=O)CNC(=O)C(CCCc1ccc(C)cc1)CN(O)C=O. The van der Waals surface area contributed by atoms with Gasteiger partial charge in [-0.3, -0.25) is 19.6 Å². The number of amides is 3. The summed E-state index contributed by atoms with van der Waals surface area (Å²) >= 11 is 0. The molecule has 24 heavy (non-hydrogen) atoms. The van der Waals surface area contributed by atoms with Gasteiger partial charge in [-0.25, -0.2) is 5.06 Å². The van der Waals surface area contributed by atoms with Gasteiger partial charge in [-0.05, 0) is 31.7 Å². The number of hydrogen-bond acceptors (Lipinski definition) is 4. The lowest BCUT2D eigenvalue weighted by molar-refractivity contribution is -0.154. The summed E-state index contributed by atoms with van der Waals surface area (Å²) in [6.45, 7) is 1.79. The highest BCUT2D eigenvalue weighted by atomic mass is 16.5. The second kappa shape index (κ2) is 10.4. The molecule has 0 aliphatic carbocycles. The molecule has 3 amide bonds. The van der Waals surface area contributed by atoms with Crippen molar-refractivity contribution in [2.45, 2.75) is 26.2 Å². The molecule has 1 unspecified atom stereocenters. The molecule has 1 rings (SSSR count). The Hall–Kier alpha value is -2.41. The molecule has 0 saturated heterocycles. The van der Waals surface area contributed by atoms with Crippen molar-refractivity contribution < 1.29 is 19.6 Å². The van der Waals surface area contributed by atoms with E-state index in [9.17, 15) is 19.6 Å². The number of nitrogens with one attached hydrogen (secondary N) is 2. The second-order valence-corrected chi connectivity index (χ2v) is 5.69. The lowest BCUT2D eigenvalue weighted by atomic mass is 9.98. The van der Waals surface area contributed by atoms with Crippen LogP contribution in [0, 0.1) is 12.8 Å². The molecule has 1 atom stereocenters. The Morgan fingerprint density at radius 2 is 1.96 bits per heavy atom. The van der Waals surface area contributed by atoms with Gasteiger partial charge in [-0.1, -0.05) is 29.8 Å². The van der Waals surface area contributed by atoms with Gasteiger partial charge in [0.2, 0.25) is 18.2 Å². The second-order valence-electron chi connectivity index (χ2n) is 5.69. The number of nitrogens with zero attached hydrogens (tertiary/aromatic N) is 1. The molecule has 0 heterocycles. The monoisotopic (exact) mass is 335 g/mol. The highest BCUT2D eigenvalue weighted by Gasteiger charge is 2.21. The Kier molecular flexibility index (Phi) is 8.49. The molecule has 7 heteroatoms. The zero-order valence-corrected chi connectivity index (χ0v) is 14.1. The van der Waals surface area contributed by atoms with Crippen molar-refractivity contribution in [2.24, 2.45) is 5.92 Å². The van der Waals surface area contributed by atoms with E-state index in [-0.39, 0.29) is 31.3 Å². The Morgan fingerprint density at radius 1 is 1.29 bits per heavy atom. The van der Waals surface area contributed by atoms with Crippen LogP contribution in [0.3, 0.4) is 0 Å². The Balaban J connectivity index is 2.54. The maximum atomic E-state index is 12.2. The van der Waals surface area contributed by atoms with Gasteiger partial charge in [0.1, 0.15) is 0 Å². The highest BCUT2D eigenvalue weighted by Crippen LogP contribution is 2.13. The highest BCUT2D eigenvalue weighted by molar-refractivity contribution is 5.85. The summed E-state index contributed by atoms with van der Waals surface area (Å²) in [4.78, 5) is 33.9. The number of rotatable bonds is 10. The topological polar surface area (TPSA) is 98.7 Å². The summed E-state index contributed by atoms with van der Waals surface area (Å²) in [5.74, 6) is -1.24. The molecule has 0 spiro atoms. The molecule has 0 bridgehead atoms. The van der Waals surface area contributed by atoms with Crippen LogP contribution >= 0.6 is 0 Å². The molecule has 1 aromatic rings. The third kappa shape index (κ3) is 7.23. The zero-order valence-electron chi connectivity index (χ0n) is 14.1. The first-order valence-electron chi connectivity index (χ1n) is 7.91. The van der Waals surface area contributed by atoms with Crippen LogP contribution in [0.1, 0.15) is 24.0 Å². The van der Waals surface area contributed by atoms with Crippen LogP contribution in [0.4, 0.5) is 0 Å². The fourth-order valence-corrected chi connectivity index (χ4v) is 2.28. The summed E-state index contributed by atoms with van der Waals surface area (Å²) in [7, 11) is 1.48. The van der Waals surface area contributed by atoms with E-state index in [0.29, 0.717) is 11.5 Å². The first kappa shape index (κ1) is 19.6. The predicted molar refractivity (Wildman–Crippen MR) is 89.2 cm³/mol. The number of benzene rings is 1. The summed E-state index contributed by atoms with van der Waals surface area (Å²) in [6.07, 6.45) is 2.29. The van der Waals surface area contributed by atoms with E-state index < -0.39 is 5.92 Å². The van der Waals surface area contributed by atoms with Crippen LogP contribution < -0.4 is 10.6 Å². The van der Waals surface area contributed by atoms with Crippen LogP contribution in [0.25, 0.3) is 0 Å². The summed E-state index contributed by atoms with van der Waals surface area (Å²) in [6, 6.07) is 8.15. The Bertz CT molecular complexity index is 545. The van der Waals surface area contributed by atoms with Gasteiger partial charge in [0.25, 0.3) is 0 Å². The van der Waals surface area contributed by atoms with E-state index in [1.807, 2.05) is 31.2 Å². The minimum atomic E-state index is -0.574. The quantitative estimate of drug-likeness (QED) is 0.332. The molecule has 0 aliphatic rings. The lowest BCUT2D eigenvalue weighted by Gasteiger charge is -2.19. The average Bonchev–Trinajstić information content (AvgIpc) is 2.59. The predicted octanol–water partition coefficient (Wildman–Crippen LogP) is 0.644. The number of carbonyl (C=O) groups is 3. The van der Waals surface area contributed by atoms with E-state index in [2.05, 4.69) is 10.6 Å². The van der Waals surface area contributed by atoms with Crippen LogP contribution in [-0.2, 0) is 20.8 Å². The molecule has 0 saturated carbocycles. The number of likely N-dealkylation sites (N-methyl/N-ethyl adjacent to an activating group) is 1. The van der Waals surface area contributed by atoms with E-state index in [1.54, 1.807) is 0 Å². The van der Waals surface area contributed by atoms with Gasteiger partial charge in [0.05, 0.1) is 19.0 Å². The van der Waals surface area contributed by atoms with Gasteiger partial charge >= 0.3 is 0 Å². The minimum Gasteiger partial charge on any atom is -0.358 e. The average molecular weight is 335 g/mol. The third-order valence-electron chi connectivity index (χ3n) is 3.74. The van der Waals surface area contributed by atoms with Crippen molar-refractivity contribution in [1.82, 2.24) is 15.7 Å². The maximum Gasteiger partial charge on any atom is 0.239 e. The van der Waals surface area contributed by atoms with Crippen molar-refractivity contribution in [2.75, 3.05) is 20.1 Å². The molecular formula is C17H25N3O4. The standard InChI is InChI=1S/C17H25N3O4/c1-13-6-8-14(9-7-13)4-3-5-15(11-20(24)12-21)17(23)19-10-16(22)18-2/h6-9,12,15,24H,3-5,10-11H2,1-2H3,(H,18,22)(H,19,23). The van der Waals surface area contributed by atoms with Crippen LogP contribution in [0.2, 0.25) is 0 Å². The fourth-order valence-electron chi connectivity index (χ4n) is 2.28. The smallest absolute Gasteiger partial charge is 0.239 e. The summed E-state index contributed by atoms with van der Waals surface area (Å²) in [5, 5.41) is 14.7. The zero-order chi connectivity index (χ0) is 17.9. The number of hydrogen-bond donors (Lipinski definition) is 3. The van der Waals surface area contributed by atoms with E-state index >= 15 is 0 Å². The maximum absolute atomic E-state index is 12.2. The Labute approximate surface area is 142 Å². The molecule has 0 aliphatic heterocycles. The number of aryl methyl sites for hydroxylation is 2. The fraction of sp³-hybridized carbons (Fsp3) is 0.471. The van der Waals surface area contributed by atoms with Gasteiger partial charge in [0.15, 0.2) is 0 Å². The summed E-state index contributed by atoms with van der Waals surface area (Å²) < 4.78 is 0. The lowest BCUT2D eigenvalue weighted by Crippen LogP contribution is -2.41. The van der Waals surface area contributed by atoms with Crippen molar-refractivity contribution in [3.8, 4) is 0 Å². The molecule has 1 aromatic carbocycles. The summed E-state index contributed by atoms with van der Waals surface area (Å²) in [5.41, 5.74) is 2.36. The van der Waals surface area contributed by atoms with Gasteiger partial charge in [-0.15, -0.1) is 0 Å². The van der Waals surface area contributed by atoms with Gasteiger partial charge in [-0.2, -0.15) is 0 Å². The molecule has 0 radical (unpaired) electrons. The van der Waals surface area contributed by atoms with Crippen LogP contribution in [0.15, 0.2) is 24.3 Å². The minimum absolute atomic E-state index is 0.100. The van der Waals surface area contributed by atoms with Crippen LogP contribution in [-0.4, -0.2) is 48.6 Å². The van der Waals surface area contributed by atoms with E-state index in [4.69, 9.17) is 0 Å². The normalized spacial score (nSPS) is 11.5. The van der Waals surface area contributed by atoms with Crippen molar-refractivity contribution in [1.29, 1.82) is 0 Å². The number of hydroxylamine groups is 2. The number of carbonyl (C=O) groups excluding carboxylic acids is 3. The third-order valence-corrected chi connectivity index (χ3v) is 3.74. The molecule has 0 fully saturated rings. The molecule has 7 nitrogen and oxygen atoms in total. The van der Waals surface area contributed by atoms with Gasteiger partial charge in [0, 0.05) is 7.05 Å². The van der Waals surface area contributed by atoms with E-state index in [0.717, 1.165) is 12.8 Å². The molecular weight excluding hydrogens is 310 g/mol. The Morgan fingerprint density at radius 3 is 2.54 bits per heavy atom.